The first-order valence-corrected chi connectivity index (χ1v) is 9.11. The van der Waals surface area contributed by atoms with Crippen molar-refractivity contribution in [2.75, 3.05) is 23.9 Å². The van der Waals surface area contributed by atoms with Gasteiger partial charge in [0.05, 0.1) is 17.8 Å². The van der Waals surface area contributed by atoms with Crippen LogP contribution >= 0.6 is 11.6 Å². The number of benzene rings is 2. The Hall–Kier alpha value is -3.46. The van der Waals surface area contributed by atoms with Crippen LogP contribution in [0.1, 0.15) is 0 Å². The zero-order valence-corrected chi connectivity index (χ0v) is 16.0. The van der Waals surface area contributed by atoms with Gasteiger partial charge in [0.2, 0.25) is 5.91 Å². The molecule has 2 atom stereocenters. The standard InChI is InChI=1S/C19H16ClN5O4/c1-29-14-8-7-12(9-13(14)20)25-18(27)16-17(19(25)28)24(23-22-16)10-15(26)21-11-5-3-2-4-6-11/h2-9,16-17H,10H2,1H3,(H,21,26)/t16-,17+/m0/s1. The number of nitrogens with one attached hydrogen (secondary N) is 1. The lowest BCUT2D eigenvalue weighted by atomic mass is 10.1. The Morgan fingerprint density at radius 1 is 1.17 bits per heavy atom. The highest BCUT2D eigenvalue weighted by Crippen LogP contribution is 2.35. The van der Waals surface area contributed by atoms with E-state index in [1.165, 1.54) is 18.2 Å². The van der Waals surface area contributed by atoms with E-state index < -0.39 is 23.9 Å². The molecule has 2 aliphatic heterocycles. The van der Waals surface area contributed by atoms with E-state index in [1.54, 1.807) is 36.4 Å². The van der Waals surface area contributed by atoms with Crippen LogP contribution < -0.4 is 15.0 Å². The molecule has 0 saturated carbocycles. The lowest BCUT2D eigenvalue weighted by Crippen LogP contribution is -2.43. The summed E-state index contributed by atoms with van der Waals surface area (Å²) in [6, 6.07) is 11.5. The van der Waals surface area contributed by atoms with Crippen molar-refractivity contribution in [3.05, 3.63) is 53.6 Å². The average Bonchev–Trinajstić information content (AvgIpc) is 3.22. The predicted molar refractivity (Wildman–Crippen MR) is 105 cm³/mol. The number of hydrogen-bond donors (Lipinski definition) is 1. The second-order valence-corrected chi connectivity index (χ2v) is 6.84. The molecule has 0 aliphatic carbocycles. The van der Waals surface area contributed by atoms with Gasteiger partial charge in [-0.15, -0.1) is 0 Å². The van der Waals surface area contributed by atoms with Crippen molar-refractivity contribution < 1.29 is 19.1 Å². The number of para-hydroxylation sites is 1. The maximum Gasteiger partial charge on any atom is 0.263 e. The number of halogens is 1. The number of carbonyl (C=O) groups excluding carboxylic acids is 3. The van der Waals surface area contributed by atoms with Crippen LogP contribution in [-0.4, -0.2) is 48.5 Å². The molecule has 0 radical (unpaired) electrons. The summed E-state index contributed by atoms with van der Waals surface area (Å²) >= 11 is 6.12. The number of fused-ring (bicyclic) bond motifs is 1. The quantitative estimate of drug-likeness (QED) is 0.757. The average molecular weight is 414 g/mol. The molecule has 10 heteroatoms. The van der Waals surface area contributed by atoms with E-state index in [2.05, 4.69) is 15.7 Å². The van der Waals surface area contributed by atoms with E-state index in [0.717, 1.165) is 4.90 Å². The lowest BCUT2D eigenvalue weighted by Gasteiger charge is -2.20. The minimum absolute atomic E-state index is 0.213. The topological polar surface area (TPSA) is 104 Å². The minimum Gasteiger partial charge on any atom is -0.495 e. The first kappa shape index (κ1) is 18.9. The third-order valence-corrected chi connectivity index (χ3v) is 4.91. The van der Waals surface area contributed by atoms with E-state index in [9.17, 15) is 14.4 Å². The molecule has 1 fully saturated rings. The zero-order chi connectivity index (χ0) is 20.5. The molecule has 0 unspecified atom stereocenters. The number of rotatable bonds is 5. The van der Waals surface area contributed by atoms with E-state index in [0.29, 0.717) is 17.1 Å². The fraction of sp³-hybridized carbons (Fsp3) is 0.211. The van der Waals surface area contributed by atoms with Crippen molar-refractivity contribution in [3.8, 4) is 5.75 Å². The second kappa shape index (κ2) is 7.51. The minimum atomic E-state index is -0.993. The van der Waals surface area contributed by atoms with Gasteiger partial charge < -0.3 is 10.1 Å². The van der Waals surface area contributed by atoms with Gasteiger partial charge >= 0.3 is 0 Å². The molecule has 2 heterocycles. The van der Waals surface area contributed by atoms with Crippen molar-refractivity contribution >= 4 is 40.7 Å². The number of methoxy groups -OCH3 is 1. The molecular formula is C19H16ClN5O4. The first-order chi connectivity index (χ1) is 14.0. The number of hydrogen-bond acceptors (Lipinski definition) is 7. The summed E-state index contributed by atoms with van der Waals surface area (Å²) in [5.41, 5.74) is 0.928. The summed E-state index contributed by atoms with van der Waals surface area (Å²) in [4.78, 5) is 39.0. The Labute approximate surface area is 170 Å². The number of nitrogens with zero attached hydrogens (tertiary/aromatic N) is 4. The zero-order valence-electron chi connectivity index (χ0n) is 15.3. The Morgan fingerprint density at radius 3 is 2.62 bits per heavy atom. The van der Waals surface area contributed by atoms with Gasteiger partial charge in [0.25, 0.3) is 11.8 Å². The molecule has 148 valence electrons. The molecule has 1 N–H and O–H groups in total. The van der Waals surface area contributed by atoms with E-state index in [1.807, 2.05) is 6.07 Å². The van der Waals surface area contributed by atoms with E-state index >= 15 is 0 Å². The van der Waals surface area contributed by atoms with Crippen LogP contribution in [0, 0.1) is 0 Å². The summed E-state index contributed by atoms with van der Waals surface area (Å²) in [5, 5.41) is 12.0. The van der Waals surface area contributed by atoms with Crippen molar-refractivity contribution in [3.63, 3.8) is 0 Å². The summed E-state index contributed by atoms with van der Waals surface area (Å²) in [5.74, 6) is -0.981. The van der Waals surface area contributed by atoms with Gasteiger partial charge in [-0.3, -0.25) is 19.4 Å². The van der Waals surface area contributed by atoms with Gasteiger partial charge in [0.15, 0.2) is 12.1 Å². The molecular weight excluding hydrogens is 398 g/mol. The van der Waals surface area contributed by atoms with Gasteiger partial charge in [-0.25, -0.2) is 4.90 Å². The number of carbonyl (C=O) groups is 3. The lowest BCUT2D eigenvalue weighted by molar-refractivity contribution is -0.123. The van der Waals surface area contributed by atoms with Gasteiger partial charge in [-0.1, -0.05) is 35.0 Å². The largest absolute Gasteiger partial charge is 0.495 e. The Balaban J connectivity index is 1.51. The summed E-state index contributed by atoms with van der Waals surface area (Å²) < 4.78 is 5.09. The maximum atomic E-state index is 13.0. The van der Waals surface area contributed by atoms with Gasteiger partial charge in [0.1, 0.15) is 12.3 Å². The van der Waals surface area contributed by atoms with Gasteiger partial charge in [0, 0.05) is 5.69 Å². The van der Waals surface area contributed by atoms with Gasteiger partial charge in [-0.2, -0.15) is 5.11 Å². The van der Waals surface area contributed by atoms with Crippen molar-refractivity contribution in [1.82, 2.24) is 5.01 Å². The summed E-state index contributed by atoms with van der Waals surface area (Å²) in [6.07, 6.45) is 0. The highest BCUT2D eigenvalue weighted by Gasteiger charge is 2.55. The molecule has 2 aliphatic rings. The van der Waals surface area contributed by atoms with Crippen molar-refractivity contribution in [2.24, 2.45) is 10.3 Å². The number of imide groups is 1. The molecule has 1 saturated heterocycles. The second-order valence-electron chi connectivity index (χ2n) is 6.44. The monoisotopic (exact) mass is 413 g/mol. The highest BCUT2D eigenvalue weighted by molar-refractivity contribution is 6.33. The third-order valence-electron chi connectivity index (χ3n) is 4.61. The van der Waals surface area contributed by atoms with Crippen LogP contribution in [0.4, 0.5) is 11.4 Å². The van der Waals surface area contributed by atoms with E-state index in [-0.39, 0.29) is 17.5 Å². The van der Waals surface area contributed by atoms with E-state index in [4.69, 9.17) is 16.3 Å². The van der Waals surface area contributed by atoms with Crippen LogP contribution in [0.25, 0.3) is 0 Å². The summed E-state index contributed by atoms with van der Waals surface area (Å²) in [7, 11) is 1.47. The van der Waals surface area contributed by atoms with Crippen LogP contribution in [0.3, 0.4) is 0 Å². The molecule has 0 spiro atoms. The molecule has 4 rings (SSSR count). The Kier molecular flexibility index (Phi) is 4.89. The number of anilines is 2. The fourth-order valence-electron chi connectivity index (χ4n) is 3.27. The van der Waals surface area contributed by atoms with Crippen LogP contribution in [-0.2, 0) is 14.4 Å². The van der Waals surface area contributed by atoms with Crippen LogP contribution in [0.5, 0.6) is 5.75 Å². The maximum absolute atomic E-state index is 13.0. The normalized spacial score (nSPS) is 20.2. The fourth-order valence-corrected chi connectivity index (χ4v) is 3.52. The number of amides is 3. The van der Waals surface area contributed by atoms with Crippen molar-refractivity contribution in [1.29, 1.82) is 0 Å². The summed E-state index contributed by atoms with van der Waals surface area (Å²) in [6.45, 7) is -0.213. The predicted octanol–water partition coefficient (Wildman–Crippen LogP) is 2.28. The molecule has 3 amide bonds. The molecule has 2 aromatic carbocycles. The molecule has 9 nitrogen and oxygen atoms in total. The Morgan fingerprint density at radius 2 is 1.93 bits per heavy atom. The van der Waals surface area contributed by atoms with Crippen LogP contribution in [0.15, 0.2) is 58.9 Å². The molecule has 2 aromatic rings. The number of ether oxygens (including phenoxy) is 1. The Bertz CT molecular complexity index is 1010. The van der Waals surface area contributed by atoms with Crippen LogP contribution in [0.2, 0.25) is 5.02 Å². The molecule has 0 aromatic heterocycles. The first-order valence-electron chi connectivity index (χ1n) is 8.73. The van der Waals surface area contributed by atoms with Crippen molar-refractivity contribution in [2.45, 2.75) is 12.1 Å². The molecule has 0 bridgehead atoms. The highest BCUT2D eigenvalue weighted by atomic mass is 35.5. The smallest absolute Gasteiger partial charge is 0.263 e. The molecule has 29 heavy (non-hydrogen) atoms. The SMILES string of the molecule is COc1ccc(N2C(=O)[C@H]3N=NN(CC(=O)Nc4ccccc4)[C@H]3C2=O)cc1Cl. The third kappa shape index (κ3) is 3.40. The van der Waals surface area contributed by atoms with Gasteiger partial charge in [-0.05, 0) is 30.3 Å².